The Morgan fingerprint density at radius 2 is 2.46 bits per heavy atom. The van der Waals surface area contributed by atoms with Crippen LogP contribution in [0.3, 0.4) is 0 Å². The van der Waals surface area contributed by atoms with E-state index in [1.54, 1.807) is 12.2 Å². The average Bonchev–Trinajstić information content (AvgIpc) is 2.41. The zero-order valence-electron chi connectivity index (χ0n) is 7.62. The highest BCUT2D eigenvalue weighted by Crippen LogP contribution is 2.11. The third kappa shape index (κ3) is 2.56. The molecule has 0 saturated carbocycles. The predicted octanol–water partition coefficient (Wildman–Crippen LogP) is 0.931. The maximum absolute atomic E-state index is 11.2. The molecule has 0 aliphatic heterocycles. The number of allylic oxidation sites excluding steroid dienone is 2. The van der Waals surface area contributed by atoms with E-state index in [1.807, 2.05) is 12.2 Å². The Balaban J connectivity index is 2.88. The van der Waals surface area contributed by atoms with Crippen LogP contribution in [-0.4, -0.2) is 19.6 Å². The van der Waals surface area contributed by atoms with Crippen LogP contribution < -0.4 is 5.73 Å². The van der Waals surface area contributed by atoms with Crippen molar-refractivity contribution in [2.75, 3.05) is 13.7 Å². The second-order valence-electron chi connectivity index (χ2n) is 2.71. The number of carbonyl (C=O) groups excluding carboxylic acids is 1. The van der Waals surface area contributed by atoms with Crippen LogP contribution in [0.2, 0.25) is 0 Å². The van der Waals surface area contributed by atoms with E-state index < -0.39 is 0 Å². The van der Waals surface area contributed by atoms with Crippen molar-refractivity contribution in [1.82, 2.24) is 0 Å². The summed E-state index contributed by atoms with van der Waals surface area (Å²) in [6.45, 7) is 0.447. The van der Waals surface area contributed by atoms with Crippen LogP contribution in [0.5, 0.6) is 0 Å². The molecule has 70 valence electrons. The number of rotatable bonds is 2. The summed E-state index contributed by atoms with van der Waals surface area (Å²) in [5.74, 6) is -0.322. The molecule has 1 aliphatic carbocycles. The van der Waals surface area contributed by atoms with Gasteiger partial charge in [-0.3, -0.25) is 0 Å². The molecule has 0 atom stereocenters. The van der Waals surface area contributed by atoms with Gasteiger partial charge in [-0.2, -0.15) is 0 Å². The zero-order valence-corrected chi connectivity index (χ0v) is 7.62. The van der Waals surface area contributed by atoms with Gasteiger partial charge in [0.25, 0.3) is 0 Å². The summed E-state index contributed by atoms with van der Waals surface area (Å²) in [5, 5.41) is 0. The van der Waals surface area contributed by atoms with Crippen LogP contribution in [-0.2, 0) is 9.53 Å². The van der Waals surface area contributed by atoms with Crippen molar-refractivity contribution in [3.63, 3.8) is 0 Å². The molecule has 3 nitrogen and oxygen atoms in total. The van der Waals surface area contributed by atoms with Crippen molar-refractivity contribution >= 4 is 5.97 Å². The van der Waals surface area contributed by atoms with Crippen molar-refractivity contribution in [3.8, 4) is 0 Å². The molecular formula is C10H13NO2. The standard InChI is InChI=1S/C10H13NO2/c1-13-10(12)9-5-3-2-4-8(6-9)7-11/h3-6H,2,7,11H2,1H3. The first-order valence-corrected chi connectivity index (χ1v) is 4.13. The molecule has 13 heavy (non-hydrogen) atoms. The summed E-state index contributed by atoms with van der Waals surface area (Å²) in [7, 11) is 1.37. The van der Waals surface area contributed by atoms with Crippen LogP contribution in [0.4, 0.5) is 0 Å². The molecule has 0 radical (unpaired) electrons. The molecule has 0 aromatic heterocycles. The molecule has 0 spiro atoms. The Bertz CT molecular complexity index is 287. The molecule has 0 saturated heterocycles. The van der Waals surface area contributed by atoms with Gasteiger partial charge in [0.1, 0.15) is 0 Å². The summed E-state index contributed by atoms with van der Waals surface area (Å²) in [5.41, 5.74) is 7.00. The minimum atomic E-state index is -0.322. The molecule has 0 aromatic rings. The van der Waals surface area contributed by atoms with Crippen LogP contribution >= 0.6 is 0 Å². The Hall–Kier alpha value is -1.35. The topological polar surface area (TPSA) is 52.3 Å². The molecule has 3 heteroatoms. The lowest BCUT2D eigenvalue weighted by Gasteiger charge is -1.99. The lowest BCUT2D eigenvalue weighted by molar-refractivity contribution is -0.135. The zero-order chi connectivity index (χ0) is 9.68. The van der Waals surface area contributed by atoms with Crippen molar-refractivity contribution < 1.29 is 9.53 Å². The molecule has 0 unspecified atom stereocenters. The average molecular weight is 179 g/mol. The summed E-state index contributed by atoms with van der Waals surface area (Å²) < 4.78 is 4.61. The van der Waals surface area contributed by atoms with Gasteiger partial charge in [-0.15, -0.1) is 0 Å². The van der Waals surface area contributed by atoms with Gasteiger partial charge in [-0.1, -0.05) is 18.2 Å². The highest BCUT2D eigenvalue weighted by Gasteiger charge is 2.07. The monoisotopic (exact) mass is 179 g/mol. The van der Waals surface area contributed by atoms with E-state index in [0.717, 1.165) is 12.0 Å². The number of hydrogen-bond acceptors (Lipinski definition) is 3. The van der Waals surface area contributed by atoms with Gasteiger partial charge in [0, 0.05) is 6.54 Å². The summed E-state index contributed by atoms with van der Waals surface area (Å²) >= 11 is 0. The van der Waals surface area contributed by atoms with Gasteiger partial charge in [-0.25, -0.2) is 4.79 Å². The lowest BCUT2D eigenvalue weighted by Crippen LogP contribution is -2.05. The predicted molar refractivity (Wildman–Crippen MR) is 51.0 cm³/mol. The number of carbonyl (C=O) groups is 1. The summed E-state index contributed by atoms with van der Waals surface area (Å²) in [6.07, 6.45) is 8.22. The number of hydrogen-bond donors (Lipinski definition) is 1. The minimum absolute atomic E-state index is 0.322. The molecule has 0 aromatic carbocycles. The Kier molecular flexibility index (Phi) is 3.46. The van der Waals surface area contributed by atoms with Crippen molar-refractivity contribution in [2.45, 2.75) is 6.42 Å². The van der Waals surface area contributed by atoms with Gasteiger partial charge in [0.15, 0.2) is 0 Å². The van der Waals surface area contributed by atoms with E-state index in [2.05, 4.69) is 4.74 Å². The molecule has 2 N–H and O–H groups in total. The molecule has 0 heterocycles. The summed E-state index contributed by atoms with van der Waals surface area (Å²) in [6, 6.07) is 0. The van der Waals surface area contributed by atoms with E-state index >= 15 is 0 Å². The first-order valence-electron chi connectivity index (χ1n) is 4.13. The fourth-order valence-corrected chi connectivity index (χ4v) is 1.11. The first kappa shape index (κ1) is 9.74. The minimum Gasteiger partial charge on any atom is -0.465 e. The van der Waals surface area contributed by atoms with Crippen molar-refractivity contribution in [1.29, 1.82) is 0 Å². The second-order valence-corrected chi connectivity index (χ2v) is 2.71. The molecule has 0 bridgehead atoms. The first-order chi connectivity index (χ1) is 6.27. The van der Waals surface area contributed by atoms with E-state index in [0.29, 0.717) is 12.1 Å². The smallest absolute Gasteiger partial charge is 0.337 e. The maximum atomic E-state index is 11.2. The normalized spacial score (nSPS) is 15.8. The van der Waals surface area contributed by atoms with Gasteiger partial charge < -0.3 is 10.5 Å². The molecule has 0 fully saturated rings. The summed E-state index contributed by atoms with van der Waals surface area (Å²) in [4.78, 5) is 11.2. The van der Waals surface area contributed by atoms with Crippen molar-refractivity contribution in [3.05, 3.63) is 35.5 Å². The van der Waals surface area contributed by atoms with Crippen LogP contribution in [0.25, 0.3) is 0 Å². The molecule has 1 aliphatic rings. The van der Waals surface area contributed by atoms with E-state index in [9.17, 15) is 4.79 Å². The highest BCUT2D eigenvalue weighted by molar-refractivity contribution is 5.92. The van der Waals surface area contributed by atoms with E-state index in [1.165, 1.54) is 7.11 Å². The fourth-order valence-electron chi connectivity index (χ4n) is 1.11. The van der Waals surface area contributed by atoms with Crippen molar-refractivity contribution in [2.24, 2.45) is 5.73 Å². The number of methoxy groups -OCH3 is 1. The Morgan fingerprint density at radius 3 is 3.08 bits per heavy atom. The van der Waals surface area contributed by atoms with Gasteiger partial charge in [0.2, 0.25) is 0 Å². The molecule has 1 rings (SSSR count). The third-order valence-corrected chi connectivity index (χ3v) is 1.81. The van der Waals surface area contributed by atoms with Crippen LogP contribution in [0.15, 0.2) is 35.5 Å². The van der Waals surface area contributed by atoms with Crippen LogP contribution in [0, 0.1) is 0 Å². The fraction of sp³-hybridized carbons (Fsp3) is 0.300. The largest absolute Gasteiger partial charge is 0.465 e. The molecular weight excluding hydrogens is 166 g/mol. The second kappa shape index (κ2) is 4.62. The Labute approximate surface area is 77.6 Å². The molecule has 0 amide bonds. The number of ether oxygens (including phenoxy) is 1. The van der Waals surface area contributed by atoms with E-state index in [-0.39, 0.29) is 5.97 Å². The van der Waals surface area contributed by atoms with Gasteiger partial charge in [0.05, 0.1) is 12.7 Å². The number of nitrogens with two attached hydrogens (primary N) is 1. The van der Waals surface area contributed by atoms with Gasteiger partial charge >= 0.3 is 5.97 Å². The highest BCUT2D eigenvalue weighted by atomic mass is 16.5. The quantitative estimate of drug-likeness (QED) is 0.641. The third-order valence-electron chi connectivity index (χ3n) is 1.81. The Morgan fingerprint density at radius 1 is 1.69 bits per heavy atom. The number of esters is 1. The van der Waals surface area contributed by atoms with E-state index in [4.69, 9.17) is 5.73 Å². The van der Waals surface area contributed by atoms with Crippen LogP contribution in [0.1, 0.15) is 6.42 Å². The lowest BCUT2D eigenvalue weighted by atomic mass is 10.1. The maximum Gasteiger partial charge on any atom is 0.337 e. The SMILES string of the molecule is COC(=O)C1=CC(CN)=CCC=C1. The van der Waals surface area contributed by atoms with Gasteiger partial charge in [-0.05, 0) is 18.1 Å².